The summed E-state index contributed by atoms with van der Waals surface area (Å²) < 4.78 is 19.9. The normalized spacial score (nSPS) is 8.93. The fourth-order valence-electron chi connectivity index (χ4n) is 0.969. The van der Waals surface area contributed by atoms with Crippen molar-refractivity contribution < 1.29 is 38.7 Å². The molecule has 28 heavy (non-hydrogen) atoms. The van der Waals surface area contributed by atoms with Crippen LogP contribution in [-0.2, 0) is 28.5 Å². The molecule has 0 saturated heterocycles. The van der Waals surface area contributed by atoms with E-state index >= 15 is 0 Å². The highest BCUT2D eigenvalue weighted by atomic mass is 16.7. The number of carbonyl (C=O) groups is 2. The van der Waals surface area contributed by atoms with Gasteiger partial charge in [-0.1, -0.05) is 13.2 Å². The van der Waals surface area contributed by atoms with Crippen molar-refractivity contribution in [2.24, 2.45) is 11.5 Å². The zero-order valence-corrected chi connectivity index (χ0v) is 17.3. The van der Waals surface area contributed by atoms with Crippen LogP contribution in [0.15, 0.2) is 25.3 Å². The first-order valence-corrected chi connectivity index (χ1v) is 8.71. The molecule has 0 aromatic carbocycles. The Morgan fingerprint density at radius 3 is 1.32 bits per heavy atom. The minimum absolute atomic E-state index is 0.0370. The van der Waals surface area contributed by atoms with E-state index < -0.39 is 11.8 Å². The van der Waals surface area contributed by atoms with Crippen LogP contribution < -0.4 is 11.5 Å². The first kappa shape index (κ1) is 33.7. The number of hydrogen-bond donors (Lipinski definition) is 4. The third-order valence-corrected chi connectivity index (χ3v) is 2.05. The zero-order chi connectivity index (χ0) is 22.6. The van der Waals surface area contributed by atoms with Gasteiger partial charge < -0.3 is 40.6 Å². The Morgan fingerprint density at radius 1 is 0.857 bits per heavy atom. The molecular formula is C18H38N2O8. The second-order valence-corrected chi connectivity index (χ2v) is 4.36. The second-order valence-electron chi connectivity index (χ2n) is 4.36. The van der Waals surface area contributed by atoms with Gasteiger partial charge in [0.05, 0.1) is 39.6 Å². The Hall–Kier alpha value is -1.82. The van der Waals surface area contributed by atoms with E-state index in [0.717, 1.165) is 25.4 Å². The Bertz CT molecular complexity index is 322. The van der Waals surface area contributed by atoms with Gasteiger partial charge in [-0.15, -0.1) is 0 Å². The van der Waals surface area contributed by atoms with E-state index in [9.17, 15) is 9.59 Å². The van der Waals surface area contributed by atoms with Crippen molar-refractivity contribution in [2.45, 2.75) is 27.1 Å². The third kappa shape index (κ3) is 56.4. The van der Waals surface area contributed by atoms with E-state index in [2.05, 4.69) is 24.6 Å². The monoisotopic (exact) mass is 410 g/mol. The van der Waals surface area contributed by atoms with Gasteiger partial charge in [0.2, 0.25) is 11.8 Å². The van der Waals surface area contributed by atoms with Gasteiger partial charge in [-0.3, -0.25) is 9.59 Å². The number of nitrogens with two attached hydrogens (primary N) is 2. The predicted octanol–water partition coefficient (Wildman–Crippen LogP) is -0.275. The molecule has 0 aliphatic carbocycles. The van der Waals surface area contributed by atoms with Crippen molar-refractivity contribution in [3.63, 3.8) is 0 Å². The summed E-state index contributed by atoms with van der Waals surface area (Å²) in [5, 5.41) is 16.5. The first-order valence-electron chi connectivity index (χ1n) is 8.71. The average Bonchev–Trinajstić information content (AvgIpc) is 2.66. The average molecular weight is 411 g/mol. The number of hydrogen-bond acceptors (Lipinski definition) is 8. The minimum atomic E-state index is -0.481. The van der Waals surface area contributed by atoms with Gasteiger partial charge in [0.25, 0.3) is 0 Å². The van der Waals surface area contributed by atoms with Crippen LogP contribution in [0.2, 0.25) is 0 Å². The van der Waals surface area contributed by atoms with Crippen LogP contribution in [0.3, 0.4) is 0 Å². The molecule has 10 heteroatoms. The molecule has 0 rings (SSSR count). The standard InChI is InChI=1S/C6H14O4.C6H14O2.2C3H5NO/c7-1-3-9-5-6-10-4-2-8;1-4-7-6(3)8-5-2;2*1-2-3(4)5/h7-8H,1-6H2;6H,4-5H2,1-3H3;2*2H,1H2,(H2,4,5). The molecule has 168 valence electrons. The van der Waals surface area contributed by atoms with Crippen LogP contribution in [-0.4, -0.2) is 81.2 Å². The van der Waals surface area contributed by atoms with E-state index in [4.69, 9.17) is 29.2 Å². The zero-order valence-electron chi connectivity index (χ0n) is 17.3. The number of carbonyl (C=O) groups excluding carboxylic acids is 2. The van der Waals surface area contributed by atoms with Gasteiger partial charge in [-0.2, -0.15) is 0 Å². The molecule has 0 aromatic heterocycles. The Balaban J connectivity index is -0.000000144. The van der Waals surface area contributed by atoms with Gasteiger partial charge in [-0.25, -0.2) is 0 Å². The summed E-state index contributed by atoms with van der Waals surface area (Å²) in [6.07, 6.45) is 2.07. The molecule has 10 nitrogen and oxygen atoms in total. The molecule has 2 amide bonds. The fraction of sp³-hybridized carbons (Fsp3) is 0.667. The smallest absolute Gasteiger partial charge is 0.240 e. The maximum atomic E-state index is 9.47. The Morgan fingerprint density at radius 2 is 1.14 bits per heavy atom. The van der Waals surface area contributed by atoms with E-state index in [1.807, 2.05) is 20.8 Å². The number of aliphatic hydroxyl groups is 2. The van der Waals surface area contributed by atoms with E-state index in [-0.39, 0.29) is 19.5 Å². The summed E-state index contributed by atoms with van der Waals surface area (Å²) >= 11 is 0. The van der Waals surface area contributed by atoms with Crippen LogP contribution in [0.1, 0.15) is 20.8 Å². The molecule has 6 N–H and O–H groups in total. The summed E-state index contributed by atoms with van der Waals surface area (Å²) in [5.74, 6) is -0.963. The van der Waals surface area contributed by atoms with E-state index in [0.29, 0.717) is 26.4 Å². The molecule has 0 bridgehead atoms. The quantitative estimate of drug-likeness (QED) is 0.183. The van der Waals surface area contributed by atoms with Gasteiger partial charge >= 0.3 is 0 Å². The summed E-state index contributed by atoms with van der Waals surface area (Å²) in [5.41, 5.74) is 9.07. The van der Waals surface area contributed by atoms with Gasteiger partial charge in [0, 0.05) is 13.2 Å². The lowest BCUT2D eigenvalue weighted by atomic mass is 10.6. The van der Waals surface area contributed by atoms with E-state index in [1.54, 1.807) is 0 Å². The fourth-order valence-corrected chi connectivity index (χ4v) is 0.969. The number of ether oxygens (including phenoxy) is 4. The van der Waals surface area contributed by atoms with Crippen molar-refractivity contribution in [1.29, 1.82) is 0 Å². The number of primary amides is 2. The number of aliphatic hydroxyl groups excluding tert-OH is 2. The molecule has 0 unspecified atom stereocenters. The molecule has 0 heterocycles. The third-order valence-electron chi connectivity index (χ3n) is 2.05. The molecule has 0 aliphatic heterocycles. The molecule has 0 aromatic rings. The van der Waals surface area contributed by atoms with Crippen LogP contribution >= 0.6 is 0 Å². The molecule has 0 fully saturated rings. The first-order chi connectivity index (χ1) is 13.3. The molecule has 0 aliphatic rings. The number of amides is 2. The largest absolute Gasteiger partial charge is 0.394 e. The molecule has 0 saturated carbocycles. The van der Waals surface area contributed by atoms with Gasteiger partial charge in [-0.05, 0) is 32.9 Å². The molecule has 0 spiro atoms. The summed E-state index contributed by atoms with van der Waals surface area (Å²) in [7, 11) is 0. The maximum absolute atomic E-state index is 9.47. The lowest BCUT2D eigenvalue weighted by Crippen LogP contribution is -2.11. The van der Waals surface area contributed by atoms with Crippen molar-refractivity contribution in [1.82, 2.24) is 0 Å². The van der Waals surface area contributed by atoms with Crippen molar-refractivity contribution >= 4 is 11.8 Å². The molecule has 0 radical (unpaired) electrons. The minimum Gasteiger partial charge on any atom is -0.394 e. The summed E-state index contributed by atoms with van der Waals surface area (Å²) in [6, 6.07) is 0. The van der Waals surface area contributed by atoms with Gasteiger partial charge in [0.1, 0.15) is 0 Å². The topological polar surface area (TPSA) is 164 Å². The lowest BCUT2D eigenvalue weighted by Gasteiger charge is -2.09. The van der Waals surface area contributed by atoms with Crippen LogP contribution in [0.4, 0.5) is 0 Å². The predicted molar refractivity (Wildman–Crippen MR) is 107 cm³/mol. The summed E-state index contributed by atoms with van der Waals surface area (Å²) in [6.45, 7) is 15.1. The number of rotatable bonds is 13. The van der Waals surface area contributed by atoms with Crippen LogP contribution in [0.25, 0.3) is 0 Å². The Kier molecular flexibility index (Phi) is 39.5. The SMILES string of the molecule is C=CC(N)=O.C=CC(N)=O.CCOC(C)OCC.OCCOCCOCCO. The van der Waals surface area contributed by atoms with Crippen molar-refractivity contribution in [3.05, 3.63) is 25.3 Å². The van der Waals surface area contributed by atoms with E-state index in [1.165, 1.54) is 0 Å². The highest BCUT2D eigenvalue weighted by molar-refractivity contribution is 5.85. The molecular weight excluding hydrogens is 372 g/mol. The highest BCUT2D eigenvalue weighted by Gasteiger charge is 1.94. The molecule has 0 atom stereocenters. The highest BCUT2D eigenvalue weighted by Crippen LogP contribution is 1.90. The lowest BCUT2D eigenvalue weighted by molar-refractivity contribution is -0.123. The van der Waals surface area contributed by atoms with Gasteiger partial charge in [0.15, 0.2) is 6.29 Å². The second kappa shape index (κ2) is 32.8. The van der Waals surface area contributed by atoms with Crippen LogP contribution in [0.5, 0.6) is 0 Å². The summed E-state index contributed by atoms with van der Waals surface area (Å²) in [4.78, 5) is 18.9. The van der Waals surface area contributed by atoms with Crippen molar-refractivity contribution in [2.75, 3.05) is 52.9 Å². The maximum Gasteiger partial charge on any atom is 0.240 e. The van der Waals surface area contributed by atoms with Crippen molar-refractivity contribution in [3.8, 4) is 0 Å². The van der Waals surface area contributed by atoms with Crippen LogP contribution in [0, 0.1) is 0 Å². The Labute approximate surface area is 168 Å².